The molecular formula is C23H36Cl6O7P2. The molecule has 0 aliphatic carbocycles. The van der Waals surface area contributed by atoms with Gasteiger partial charge in [-0.2, -0.15) is 0 Å². The minimum Gasteiger partial charge on any atom is -0.305 e. The molecule has 0 saturated carbocycles. The largest absolute Gasteiger partial charge is 0.476 e. The smallest absolute Gasteiger partial charge is 0.305 e. The molecule has 1 aromatic rings. The third kappa shape index (κ3) is 13.0. The molecule has 38 heavy (non-hydrogen) atoms. The SMILES string of the molecule is CC[C@@H](Cl)COP(=O)(OC[C@H](Cl)CC)O[C@@H](c1ccc(Cl)c(Cl)c1)P(=O)(OC[C@H](Cl)CC)OC[C@@H](Cl)CC. The van der Waals surface area contributed by atoms with Gasteiger partial charge < -0.3 is 9.05 Å². The summed E-state index contributed by atoms with van der Waals surface area (Å²) < 4.78 is 56.8. The molecule has 0 saturated heterocycles. The van der Waals surface area contributed by atoms with Crippen LogP contribution in [0.3, 0.4) is 0 Å². The lowest BCUT2D eigenvalue weighted by Gasteiger charge is -2.31. The summed E-state index contributed by atoms with van der Waals surface area (Å²) in [5.41, 5.74) is 0.191. The van der Waals surface area contributed by atoms with Crippen LogP contribution in [0.1, 0.15) is 64.8 Å². The average Bonchev–Trinajstić information content (AvgIpc) is 2.92. The zero-order chi connectivity index (χ0) is 28.9. The highest BCUT2D eigenvalue weighted by Gasteiger charge is 2.46. The molecular weight excluding hydrogens is 663 g/mol. The Morgan fingerprint density at radius 1 is 0.658 bits per heavy atom. The maximum Gasteiger partial charge on any atom is 0.476 e. The van der Waals surface area contributed by atoms with Crippen LogP contribution in [-0.4, -0.2) is 47.9 Å². The van der Waals surface area contributed by atoms with E-state index in [-0.39, 0.29) is 42.0 Å². The maximum atomic E-state index is 14.4. The summed E-state index contributed by atoms with van der Waals surface area (Å²) in [4.78, 5) is 0. The summed E-state index contributed by atoms with van der Waals surface area (Å²) in [5, 5.41) is -1.57. The molecule has 222 valence electrons. The van der Waals surface area contributed by atoms with Crippen molar-refractivity contribution in [1.29, 1.82) is 0 Å². The molecule has 0 aromatic heterocycles. The number of hydrogen-bond acceptors (Lipinski definition) is 7. The second kappa shape index (κ2) is 18.7. The van der Waals surface area contributed by atoms with Crippen LogP contribution in [0.4, 0.5) is 0 Å². The second-order valence-corrected chi connectivity index (χ2v) is 15.3. The first-order valence-corrected chi connectivity index (χ1v) is 17.9. The van der Waals surface area contributed by atoms with Crippen molar-refractivity contribution in [2.24, 2.45) is 0 Å². The predicted molar refractivity (Wildman–Crippen MR) is 159 cm³/mol. The third-order valence-electron chi connectivity index (χ3n) is 5.21. The van der Waals surface area contributed by atoms with E-state index in [4.69, 9.17) is 92.2 Å². The molecule has 0 amide bonds. The lowest BCUT2D eigenvalue weighted by molar-refractivity contribution is 0.0815. The molecule has 0 radical (unpaired) electrons. The molecule has 0 N–H and O–H groups in total. The van der Waals surface area contributed by atoms with Crippen LogP contribution in [0.2, 0.25) is 10.0 Å². The van der Waals surface area contributed by atoms with Gasteiger partial charge in [0.25, 0.3) is 0 Å². The van der Waals surface area contributed by atoms with Gasteiger partial charge in [0, 0.05) is 0 Å². The molecule has 0 aliphatic rings. The van der Waals surface area contributed by atoms with Crippen molar-refractivity contribution in [2.45, 2.75) is 80.7 Å². The van der Waals surface area contributed by atoms with Crippen molar-refractivity contribution in [1.82, 2.24) is 0 Å². The Balaban J connectivity index is 3.58. The Hall–Kier alpha value is 1.22. The Kier molecular flexibility index (Phi) is 18.3. The van der Waals surface area contributed by atoms with E-state index in [1.807, 2.05) is 27.7 Å². The van der Waals surface area contributed by atoms with E-state index >= 15 is 0 Å². The van der Waals surface area contributed by atoms with Crippen LogP contribution in [0, 0.1) is 0 Å². The summed E-state index contributed by atoms with van der Waals surface area (Å²) in [7, 11) is -8.77. The van der Waals surface area contributed by atoms with E-state index < -0.39 is 42.8 Å². The van der Waals surface area contributed by atoms with Gasteiger partial charge in [-0.3, -0.25) is 18.1 Å². The Bertz CT molecular complexity index is 892. The molecule has 7 nitrogen and oxygen atoms in total. The summed E-state index contributed by atoms with van der Waals surface area (Å²) in [6, 6.07) is 4.36. The van der Waals surface area contributed by atoms with Crippen molar-refractivity contribution in [2.75, 3.05) is 26.4 Å². The quantitative estimate of drug-likeness (QED) is 0.0990. The summed E-state index contributed by atoms with van der Waals surface area (Å²) in [6.07, 6.45) is 2.11. The standard InChI is InChI=1S/C23H36Cl6O7P2/c1-5-17(24)12-32-37(30,33-13-18(25)6-2)23(16-9-10-21(28)22(29)11-16)36-38(31,34-14-19(26)7-3)35-15-20(27)8-4/h9-11,17-20,23H,5-8,12-15H2,1-4H3/t17-,18+,19-,20-,23-,37?/m1/s1. The van der Waals surface area contributed by atoms with Gasteiger partial charge in [-0.15, -0.1) is 46.4 Å². The Morgan fingerprint density at radius 2 is 1.05 bits per heavy atom. The van der Waals surface area contributed by atoms with Crippen molar-refractivity contribution in [3.63, 3.8) is 0 Å². The molecule has 1 aromatic carbocycles. The van der Waals surface area contributed by atoms with Crippen LogP contribution >= 0.6 is 85.0 Å². The highest BCUT2D eigenvalue weighted by molar-refractivity contribution is 7.55. The zero-order valence-electron chi connectivity index (χ0n) is 21.8. The van der Waals surface area contributed by atoms with Gasteiger partial charge in [0.15, 0.2) is 5.85 Å². The predicted octanol–water partition coefficient (Wildman–Crippen LogP) is 10.4. The van der Waals surface area contributed by atoms with Gasteiger partial charge in [-0.25, -0.2) is 4.57 Å². The van der Waals surface area contributed by atoms with Crippen molar-refractivity contribution < 1.29 is 31.7 Å². The molecule has 0 spiro atoms. The van der Waals surface area contributed by atoms with Gasteiger partial charge >= 0.3 is 15.4 Å². The van der Waals surface area contributed by atoms with E-state index in [0.717, 1.165) is 0 Å². The molecule has 0 fully saturated rings. The highest BCUT2D eigenvalue weighted by Crippen LogP contribution is 2.68. The maximum absolute atomic E-state index is 14.4. The van der Waals surface area contributed by atoms with Crippen LogP contribution in [0.15, 0.2) is 18.2 Å². The molecule has 1 unspecified atom stereocenters. The zero-order valence-corrected chi connectivity index (χ0v) is 28.1. The number of hydrogen-bond donors (Lipinski definition) is 0. The molecule has 0 bridgehead atoms. The van der Waals surface area contributed by atoms with Crippen molar-refractivity contribution >= 4 is 85.0 Å². The Morgan fingerprint density at radius 3 is 1.42 bits per heavy atom. The van der Waals surface area contributed by atoms with Crippen LogP contribution < -0.4 is 0 Å². The fourth-order valence-corrected chi connectivity index (χ4v) is 7.20. The second-order valence-electron chi connectivity index (χ2n) is 8.32. The Labute approximate surface area is 256 Å². The molecule has 15 heteroatoms. The van der Waals surface area contributed by atoms with Gasteiger partial charge in [0.05, 0.1) is 58.0 Å². The van der Waals surface area contributed by atoms with E-state index in [0.29, 0.717) is 25.7 Å². The van der Waals surface area contributed by atoms with E-state index in [1.165, 1.54) is 18.2 Å². The molecule has 6 atom stereocenters. The normalized spacial score (nSPS) is 17.9. The summed E-state index contributed by atoms with van der Waals surface area (Å²) in [5.74, 6) is -1.62. The third-order valence-corrected chi connectivity index (χ3v) is 11.3. The fraction of sp³-hybridized carbons (Fsp3) is 0.739. The number of phosphoric ester groups is 1. The lowest BCUT2D eigenvalue weighted by atomic mass is 10.2. The molecule has 1 rings (SSSR count). The molecule has 0 aliphatic heterocycles. The van der Waals surface area contributed by atoms with E-state index in [2.05, 4.69) is 0 Å². The summed E-state index contributed by atoms with van der Waals surface area (Å²) in [6.45, 7) is 6.70. The van der Waals surface area contributed by atoms with Gasteiger partial charge in [0.2, 0.25) is 0 Å². The highest BCUT2D eigenvalue weighted by atomic mass is 35.5. The van der Waals surface area contributed by atoms with Gasteiger partial charge in [0.1, 0.15) is 0 Å². The van der Waals surface area contributed by atoms with Crippen LogP contribution in [0.5, 0.6) is 0 Å². The number of rotatable bonds is 20. The minimum atomic E-state index is -4.45. The summed E-state index contributed by atoms with van der Waals surface area (Å²) >= 11 is 37.3. The van der Waals surface area contributed by atoms with E-state index in [9.17, 15) is 9.13 Å². The fourth-order valence-electron chi connectivity index (χ4n) is 2.55. The topological polar surface area (TPSA) is 80.3 Å². The first-order valence-electron chi connectivity index (χ1n) is 12.3. The monoisotopic (exact) mass is 696 g/mol. The van der Waals surface area contributed by atoms with E-state index in [1.54, 1.807) is 0 Å². The van der Waals surface area contributed by atoms with Crippen LogP contribution in [0.25, 0.3) is 0 Å². The number of benzene rings is 1. The first kappa shape index (κ1) is 37.2. The van der Waals surface area contributed by atoms with Crippen LogP contribution in [-0.2, 0) is 31.7 Å². The number of phosphoric acid groups is 1. The lowest BCUT2D eigenvalue weighted by Crippen LogP contribution is -2.19. The molecule has 0 heterocycles. The number of halogens is 6. The minimum absolute atomic E-state index is 0.132. The van der Waals surface area contributed by atoms with Gasteiger partial charge in [-0.1, -0.05) is 57.0 Å². The average molecular weight is 699 g/mol. The van der Waals surface area contributed by atoms with Crippen molar-refractivity contribution in [3.8, 4) is 0 Å². The first-order chi connectivity index (χ1) is 17.8. The van der Waals surface area contributed by atoms with Gasteiger partial charge in [-0.05, 0) is 43.4 Å². The number of alkyl halides is 4. The van der Waals surface area contributed by atoms with Crippen molar-refractivity contribution in [3.05, 3.63) is 33.8 Å².